The van der Waals surface area contributed by atoms with Crippen molar-refractivity contribution in [1.82, 2.24) is 52.3 Å². The number of aliphatic hydroxyl groups is 1. The number of carbonyl (C=O) groups excluding carboxylic acids is 13. The first-order chi connectivity index (χ1) is 57.9. The van der Waals surface area contributed by atoms with Crippen LogP contribution in [0.2, 0.25) is 0 Å². The van der Waals surface area contributed by atoms with Crippen molar-refractivity contribution in [3.8, 4) is 11.5 Å². The maximum Gasteiger partial charge on any atom is 0.333 e. The number of ether oxygens (including phenoxy) is 6. The lowest BCUT2D eigenvalue weighted by Gasteiger charge is -2.36. The van der Waals surface area contributed by atoms with E-state index in [1.165, 1.54) is 58.3 Å². The molecule has 0 aromatic heterocycles. The van der Waals surface area contributed by atoms with E-state index in [0.29, 0.717) is 61.5 Å². The van der Waals surface area contributed by atoms with Crippen LogP contribution in [0, 0.1) is 10.8 Å². The molecule has 0 radical (unpaired) electrons. The lowest BCUT2D eigenvalue weighted by atomic mass is 9.85. The molecule has 682 valence electrons. The Labute approximate surface area is 723 Å². The van der Waals surface area contributed by atoms with Gasteiger partial charge in [0.2, 0.25) is 53.0 Å². The number of anilines is 2. The number of nitrogens with zero attached hydrogens (tertiary/aromatic N) is 2. The van der Waals surface area contributed by atoms with Gasteiger partial charge in [-0.15, -0.1) is 0 Å². The summed E-state index contributed by atoms with van der Waals surface area (Å²) < 4.78 is 84.8. The van der Waals surface area contributed by atoms with Crippen molar-refractivity contribution in [3.05, 3.63) is 119 Å². The molecule has 0 saturated carbocycles. The minimum atomic E-state index is -4.08. The van der Waals surface area contributed by atoms with E-state index in [1.807, 2.05) is 0 Å². The van der Waals surface area contributed by atoms with Gasteiger partial charge < -0.3 is 85.9 Å². The van der Waals surface area contributed by atoms with Crippen LogP contribution in [0.1, 0.15) is 183 Å². The van der Waals surface area contributed by atoms with Crippen molar-refractivity contribution in [3.63, 3.8) is 0 Å². The lowest BCUT2D eigenvalue weighted by Crippen LogP contribution is -2.59. The van der Waals surface area contributed by atoms with E-state index >= 15 is 0 Å². The Hall–Kier alpha value is -10.9. The predicted octanol–water partition coefficient (Wildman–Crippen LogP) is 2.42. The summed E-state index contributed by atoms with van der Waals surface area (Å²) in [6, 6.07) is 15.5. The van der Waals surface area contributed by atoms with Gasteiger partial charge in [-0.05, 0) is 136 Å². The molecule has 124 heavy (non-hydrogen) atoms. The summed E-state index contributed by atoms with van der Waals surface area (Å²) in [7, 11) is -8.16. The quantitative estimate of drug-likeness (QED) is 0.0317. The minimum absolute atomic E-state index is 0.00542. The van der Waals surface area contributed by atoms with Gasteiger partial charge in [0.1, 0.15) is 46.9 Å². The fourth-order valence-electron chi connectivity index (χ4n) is 13.8. The molecule has 10 amide bonds. The Kier molecular flexibility index (Phi) is 35.6. The molecule has 8 bridgehead atoms. The van der Waals surface area contributed by atoms with E-state index in [4.69, 9.17) is 38.7 Å². The van der Waals surface area contributed by atoms with E-state index in [0.717, 1.165) is 0 Å². The number of esters is 2. The third kappa shape index (κ3) is 32.0. The third-order valence-electron chi connectivity index (χ3n) is 19.6. The van der Waals surface area contributed by atoms with Crippen LogP contribution in [0.3, 0.4) is 0 Å². The Morgan fingerprint density at radius 3 is 1.31 bits per heavy atom. The molecule has 4 aromatic rings. The zero-order valence-electron chi connectivity index (χ0n) is 72.5. The number of hydrogen-bond acceptors (Lipinski definition) is 24. The van der Waals surface area contributed by atoms with E-state index in [1.54, 1.807) is 145 Å². The summed E-state index contributed by atoms with van der Waals surface area (Å²) >= 11 is 0. The van der Waals surface area contributed by atoms with Crippen molar-refractivity contribution >= 4 is 109 Å². The van der Waals surface area contributed by atoms with Crippen molar-refractivity contribution in [1.29, 1.82) is 0 Å². The Morgan fingerprint density at radius 2 is 0.927 bits per heavy atom. The van der Waals surface area contributed by atoms with Crippen LogP contribution in [0.5, 0.6) is 11.5 Å². The first kappa shape index (κ1) is 100. The number of ketones is 1. The monoisotopic (exact) mass is 1770 g/mol. The number of nitrogens with one attached hydrogen (secondary N) is 10. The van der Waals surface area contributed by atoms with E-state index in [-0.39, 0.29) is 87.3 Å². The standard InChI is InChI=1S/C42H61N7O12S.C42H59N7O12S/c2*1-8-11-30(35(52)38(54)44-23-33(51)46-34(40(56)61-42(5,6)7)26-14-16-27(17-15-26)48-62(43,57)58)45-37(53)31-22-29-24-49(31)39(55)36(41(2,3)4)47-32(50)21-25-12-9-13-28(20-25)59-18-10-19-60-29/h9,12-17,20,29-31,34-36,48,52H,8,10-11,18-19,21-24H2,1-7H3,(H,44,54)(H,45,53)(H,46,51)(H,47,50)(H2,43,57,58);9,12-17,20,29-31,34,36,48H,8,10-11,18-19,21-24H2,1-7H3,(H,44,54)(H,45,53)(H,46,51)(H,47,50)(H2,43,57,58)/t29-,30?,31+,34+,35?,36-;29-,30?,31+,34+,36-/m11/s1. The molecule has 8 rings (SSSR count). The first-order valence-corrected chi connectivity index (χ1v) is 44.1. The largest absolute Gasteiger partial charge is 0.493 e. The number of benzene rings is 4. The van der Waals surface area contributed by atoms with E-state index < -0.39 is 199 Å². The summed E-state index contributed by atoms with van der Waals surface area (Å²) in [5.74, 6) is -8.59. The van der Waals surface area contributed by atoms with E-state index in [9.17, 15) is 84.3 Å². The molecule has 0 aliphatic carbocycles. The normalized spacial score (nSPS) is 20.1. The molecule has 4 heterocycles. The topological polar surface area (TPSA) is 545 Å². The van der Waals surface area contributed by atoms with Crippen LogP contribution in [0.4, 0.5) is 11.4 Å². The molecule has 4 aromatic carbocycles. The second kappa shape index (κ2) is 44.1. The summed E-state index contributed by atoms with van der Waals surface area (Å²) in [4.78, 5) is 179. The molecule has 4 aliphatic rings. The Morgan fingerprint density at radius 1 is 0.532 bits per heavy atom. The lowest BCUT2D eigenvalue weighted by molar-refractivity contribution is -0.159. The number of amides is 10. The SMILES string of the molecule is CCCC(NC(=O)[C@@H]1C[C@@H]2CN1C(=O)[C@H](C(C)(C)C)NC(=O)Cc1cccc(c1)OCCCO2)C(=O)C(=O)NCC(=O)N[C@H](C(=O)OC(C)(C)C)c1ccc(NS(N)(=O)=O)cc1.CCCC(NC(=O)[C@@H]1C[C@@H]2CN1C(=O)[C@H](C(C)(C)C)NC(=O)Cc1cccc(c1)OCCCO2)C(O)C(=O)NCC(=O)N[C@H](C(=O)OC(C)(C)C)c1ccc(NS(N)(=O)=O)cc1. The Balaban J connectivity index is 0.000000341. The van der Waals surface area contributed by atoms with Crippen LogP contribution in [0.15, 0.2) is 97.1 Å². The van der Waals surface area contributed by atoms with Gasteiger partial charge in [-0.3, -0.25) is 62.2 Å². The van der Waals surface area contributed by atoms with Gasteiger partial charge in [0.15, 0.2) is 18.2 Å². The summed E-state index contributed by atoms with van der Waals surface area (Å²) in [5, 5.41) is 42.0. The molecule has 2 saturated heterocycles. The van der Waals surface area contributed by atoms with Gasteiger partial charge in [-0.2, -0.15) is 16.8 Å². The molecule has 0 spiro atoms. The van der Waals surface area contributed by atoms with E-state index in [2.05, 4.69) is 52.0 Å². The van der Waals surface area contributed by atoms with Crippen LogP contribution in [0.25, 0.3) is 0 Å². The van der Waals surface area contributed by atoms with Crippen LogP contribution in [-0.4, -0.2) is 227 Å². The number of Topliss-reactive ketones (excluding diaryl/α,β-unsaturated/α-hetero) is 1. The molecule has 4 aliphatic heterocycles. The third-order valence-corrected chi connectivity index (χ3v) is 20.7. The fraction of sp³-hybridized carbons (Fsp3) is 0.560. The Bertz CT molecular complexity index is 4700. The number of hydrogen-bond donors (Lipinski definition) is 13. The molecule has 40 heteroatoms. The van der Waals surface area contributed by atoms with Gasteiger partial charge in [0.25, 0.3) is 32.2 Å². The number of carbonyl (C=O) groups is 13. The molecular weight excluding hydrogens is 1650 g/mol. The first-order valence-electron chi connectivity index (χ1n) is 41.0. The van der Waals surface area contributed by atoms with Gasteiger partial charge in [0.05, 0.1) is 76.7 Å². The van der Waals surface area contributed by atoms with Crippen LogP contribution >= 0.6 is 0 Å². The molecule has 3 unspecified atom stereocenters. The summed E-state index contributed by atoms with van der Waals surface area (Å²) in [6.07, 6.45) is -0.762. The van der Waals surface area contributed by atoms with Crippen molar-refractivity contribution in [2.24, 2.45) is 21.1 Å². The highest BCUT2D eigenvalue weighted by atomic mass is 32.2. The zero-order chi connectivity index (χ0) is 92.0. The average molecular weight is 1770 g/mol. The highest BCUT2D eigenvalue weighted by Crippen LogP contribution is 2.32. The smallest absolute Gasteiger partial charge is 0.333 e. The second-order valence-electron chi connectivity index (χ2n) is 34.8. The second-order valence-corrected chi connectivity index (χ2v) is 37.4. The fourth-order valence-corrected chi connectivity index (χ4v) is 14.8. The summed E-state index contributed by atoms with van der Waals surface area (Å²) in [5.41, 5.74) is -1.44. The highest BCUT2D eigenvalue weighted by molar-refractivity contribution is 7.90. The minimum Gasteiger partial charge on any atom is -0.493 e. The number of fused-ring (bicyclic) bond motifs is 8. The van der Waals surface area contributed by atoms with Crippen LogP contribution < -0.4 is 71.7 Å². The van der Waals surface area contributed by atoms with Crippen molar-refractivity contribution in [2.75, 3.05) is 62.1 Å². The molecule has 15 N–H and O–H groups in total. The number of rotatable bonds is 26. The van der Waals surface area contributed by atoms with Crippen LogP contribution in [-0.2, 0) is 115 Å². The molecule has 11 atom stereocenters. The van der Waals surface area contributed by atoms with Crippen molar-refractivity contribution < 1.29 is 113 Å². The highest BCUT2D eigenvalue weighted by Gasteiger charge is 2.49. The van der Waals surface area contributed by atoms with Gasteiger partial charge in [-0.1, -0.05) is 117 Å². The van der Waals surface area contributed by atoms with Gasteiger partial charge in [-0.25, -0.2) is 19.9 Å². The van der Waals surface area contributed by atoms with Gasteiger partial charge >= 0.3 is 11.9 Å². The molecule has 2 fully saturated rings. The maximum absolute atomic E-state index is 14.4. The predicted molar refractivity (Wildman–Crippen MR) is 454 cm³/mol. The summed E-state index contributed by atoms with van der Waals surface area (Å²) in [6.45, 7) is 24.0. The molecular formula is C84H120N14O24S2. The average Bonchev–Trinajstić information content (AvgIpc) is 1.62. The molecule has 38 nitrogen and oxygen atoms in total. The van der Waals surface area contributed by atoms with Gasteiger partial charge in [0, 0.05) is 50.1 Å². The number of nitrogens with two attached hydrogens (primary N) is 2. The zero-order valence-corrected chi connectivity index (χ0v) is 74.2. The number of aliphatic hydroxyl groups excluding tert-OH is 1. The van der Waals surface area contributed by atoms with Crippen molar-refractivity contribution in [2.45, 2.75) is 239 Å². The maximum atomic E-state index is 14.4.